The van der Waals surface area contributed by atoms with Crippen LogP contribution < -0.4 is 5.30 Å². The molecule has 12 heavy (non-hydrogen) atoms. The molecule has 0 saturated heterocycles. The number of rotatable bonds is 1. The first-order chi connectivity index (χ1) is 5.41. The van der Waals surface area contributed by atoms with Crippen LogP contribution in [0.15, 0.2) is 18.2 Å². The Morgan fingerprint density at radius 3 is 2.08 bits per heavy atom. The molecular weight excluding hydrogens is 175 g/mol. The Balaban J connectivity index is 3.23. The summed E-state index contributed by atoms with van der Waals surface area (Å²) in [6.07, 6.45) is 0. The average molecular weight is 188 g/mol. The van der Waals surface area contributed by atoms with E-state index >= 15 is 0 Å². The van der Waals surface area contributed by atoms with Crippen LogP contribution in [0, 0.1) is 13.8 Å². The van der Waals surface area contributed by atoms with E-state index in [0.29, 0.717) is 5.56 Å². The molecule has 0 aliphatic carbocycles. The molecule has 0 aliphatic rings. The first-order valence-corrected chi connectivity index (χ1v) is 5.50. The van der Waals surface area contributed by atoms with E-state index in [9.17, 15) is 0 Å². The van der Waals surface area contributed by atoms with Gasteiger partial charge in [-0.1, -0.05) is 0 Å². The van der Waals surface area contributed by atoms with Crippen molar-refractivity contribution in [2.24, 2.45) is 0 Å². The Morgan fingerprint density at radius 1 is 1.08 bits per heavy atom. The zero-order valence-electron chi connectivity index (χ0n) is 7.07. The van der Waals surface area contributed by atoms with Gasteiger partial charge in [0, 0.05) is 0 Å². The van der Waals surface area contributed by atoms with Crippen molar-refractivity contribution in [1.29, 1.82) is 0 Å². The van der Waals surface area contributed by atoms with Gasteiger partial charge in [-0.05, 0) is 0 Å². The summed E-state index contributed by atoms with van der Waals surface area (Å²) in [6.45, 7) is 3.57. The van der Waals surface area contributed by atoms with E-state index < -0.39 is 7.94 Å². The van der Waals surface area contributed by atoms with E-state index in [2.05, 4.69) is 0 Å². The van der Waals surface area contributed by atoms with Gasteiger partial charge in [0.05, 0.1) is 0 Å². The van der Waals surface area contributed by atoms with Gasteiger partial charge < -0.3 is 0 Å². The monoisotopic (exact) mass is 188 g/mol. The molecule has 0 heterocycles. The van der Waals surface area contributed by atoms with Crippen LogP contribution in [0.25, 0.3) is 0 Å². The third-order valence-electron chi connectivity index (χ3n) is 1.75. The summed E-state index contributed by atoms with van der Waals surface area (Å²) in [5.41, 5.74) is 1.62. The fourth-order valence-electron chi connectivity index (χ4n) is 1.10. The van der Waals surface area contributed by atoms with Crippen molar-refractivity contribution >= 4 is 13.2 Å². The first kappa shape index (κ1) is 9.62. The van der Waals surface area contributed by atoms with Crippen molar-refractivity contribution in [3.63, 3.8) is 0 Å². The Bertz CT molecular complexity index is 291. The molecule has 0 amide bonds. The minimum absolute atomic E-state index is 0.266. The molecule has 0 aliphatic heterocycles. The summed E-state index contributed by atoms with van der Waals surface area (Å²) < 4.78 is 0. The molecular formula is C8H13O3P. The third kappa shape index (κ3) is 2.02. The standard InChI is InChI=1S/C8H13O3P/c1-6-3-4-7(2)8(5-6)12(9,10)11/h3-5,9-12H,1-2H3. The molecule has 1 rings (SSSR count). The molecule has 0 unspecified atom stereocenters. The van der Waals surface area contributed by atoms with E-state index in [1.54, 1.807) is 19.1 Å². The Hall–Kier alpha value is -0.470. The first-order valence-electron chi connectivity index (χ1n) is 3.66. The van der Waals surface area contributed by atoms with Gasteiger partial charge >= 0.3 is 71.1 Å². The molecule has 0 radical (unpaired) electrons. The fourth-order valence-corrected chi connectivity index (χ4v) is 2.13. The number of benzene rings is 1. The molecule has 0 bridgehead atoms. The molecule has 68 valence electrons. The molecule has 0 saturated carbocycles. The molecule has 0 fully saturated rings. The average Bonchev–Trinajstić information content (AvgIpc) is 1.92. The van der Waals surface area contributed by atoms with Gasteiger partial charge in [-0.25, -0.2) is 0 Å². The van der Waals surface area contributed by atoms with Crippen molar-refractivity contribution in [2.75, 3.05) is 0 Å². The van der Waals surface area contributed by atoms with Crippen LogP contribution in [-0.2, 0) is 0 Å². The van der Waals surface area contributed by atoms with Crippen LogP contribution in [0.4, 0.5) is 0 Å². The fraction of sp³-hybridized carbons (Fsp3) is 0.250. The second-order valence-electron chi connectivity index (χ2n) is 2.95. The topological polar surface area (TPSA) is 60.7 Å². The van der Waals surface area contributed by atoms with Crippen molar-refractivity contribution < 1.29 is 14.7 Å². The third-order valence-corrected chi connectivity index (χ3v) is 3.02. The maximum absolute atomic E-state index is 9.04. The van der Waals surface area contributed by atoms with Gasteiger partial charge in [0.1, 0.15) is 0 Å². The number of aryl methyl sites for hydroxylation is 2. The van der Waals surface area contributed by atoms with Gasteiger partial charge in [-0.3, -0.25) is 0 Å². The normalized spacial score (nSPS) is 13.1. The zero-order chi connectivity index (χ0) is 9.35. The summed E-state index contributed by atoms with van der Waals surface area (Å²) in [5, 5.41) is 0.266. The van der Waals surface area contributed by atoms with E-state index in [4.69, 9.17) is 14.7 Å². The molecule has 1 aromatic carbocycles. The predicted octanol–water partition coefficient (Wildman–Crippen LogP) is 0.401. The van der Waals surface area contributed by atoms with Crippen LogP contribution in [0.3, 0.4) is 0 Å². The summed E-state index contributed by atoms with van der Waals surface area (Å²) in [6, 6.07) is 5.22. The SMILES string of the molecule is Cc1ccc(C)c([PH](O)(O)O)c1. The van der Waals surface area contributed by atoms with E-state index in [-0.39, 0.29) is 5.30 Å². The molecule has 4 heteroatoms. The molecule has 3 N–H and O–H groups in total. The van der Waals surface area contributed by atoms with Crippen LogP contribution in [-0.4, -0.2) is 14.7 Å². The summed E-state index contributed by atoms with van der Waals surface area (Å²) in [7, 11) is -4.11. The van der Waals surface area contributed by atoms with Crippen LogP contribution in [0.1, 0.15) is 11.1 Å². The van der Waals surface area contributed by atoms with Crippen molar-refractivity contribution in [2.45, 2.75) is 13.8 Å². The van der Waals surface area contributed by atoms with Crippen molar-refractivity contribution in [3.05, 3.63) is 29.3 Å². The van der Waals surface area contributed by atoms with Crippen LogP contribution in [0.5, 0.6) is 0 Å². The molecule has 0 aromatic heterocycles. The van der Waals surface area contributed by atoms with Gasteiger partial charge in [0.2, 0.25) is 0 Å². The van der Waals surface area contributed by atoms with Gasteiger partial charge in [-0.2, -0.15) is 0 Å². The summed E-state index contributed by atoms with van der Waals surface area (Å²) in [4.78, 5) is 27.1. The Morgan fingerprint density at radius 2 is 1.67 bits per heavy atom. The minimum atomic E-state index is -4.11. The Kier molecular flexibility index (Phi) is 2.49. The van der Waals surface area contributed by atoms with Crippen LogP contribution in [0.2, 0.25) is 0 Å². The van der Waals surface area contributed by atoms with Crippen molar-refractivity contribution in [3.8, 4) is 0 Å². The maximum atomic E-state index is 9.04. The molecule has 1 aromatic rings. The summed E-state index contributed by atoms with van der Waals surface area (Å²) in [5.74, 6) is 0. The second-order valence-corrected chi connectivity index (χ2v) is 4.76. The quantitative estimate of drug-likeness (QED) is 0.559. The van der Waals surface area contributed by atoms with E-state index in [1.165, 1.54) is 0 Å². The molecule has 3 nitrogen and oxygen atoms in total. The molecule has 0 atom stereocenters. The van der Waals surface area contributed by atoms with Crippen LogP contribution >= 0.6 is 7.94 Å². The second kappa shape index (κ2) is 3.11. The predicted molar refractivity (Wildman–Crippen MR) is 50.5 cm³/mol. The van der Waals surface area contributed by atoms with Gasteiger partial charge in [0.25, 0.3) is 0 Å². The molecule has 0 spiro atoms. The zero-order valence-corrected chi connectivity index (χ0v) is 8.07. The number of hydrogen-bond donors (Lipinski definition) is 3. The van der Waals surface area contributed by atoms with Gasteiger partial charge in [-0.15, -0.1) is 0 Å². The van der Waals surface area contributed by atoms with Gasteiger partial charge in [0.15, 0.2) is 0 Å². The van der Waals surface area contributed by atoms with E-state index in [1.807, 2.05) is 13.0 Å². The Labute approximate surface area is 71.9 Å². The van der Waals surface area contributed by atoms with Crippen molar-refractivity contribution in [1.82, 2.24) is 0 Å². The summed E-state index contributed by atoms with van der Waals surface area (Å²) >= 11 is 0. The number of hydrogen-bond acceptors (Lipinski definition) is 3. The van der Waals surface area contributed by atoms with E-state index in [0.717, 1.165) is 5.56 Å².